The largest absolute Gasteiger partial charge is 0.343 e. The first-order chi connectivity index (χ1) is 9.61. The summed E-state index contributed by atoms with van der Waals surface area (Å²) in [7, 11) is 0. The lowest BCUT2D eigenvalue weighted by atomic mass is 10.2. The zero-order valence-electron chi connectivity index (χ0n) is 12.2. The van der Waals surface area contributed by atoms with Crippen molar-refractivity contribution in [1.82, 2.24) is 14.9 Å². The maximum absolute atomic E-state index is 4.62. The van der Waals surface area contributed by atoms with Gasteiger partial charge in [-0.3, -0.25) is 4.90 Å². The highest BCUT2D eigenvalue weighted by Crippen LogP contribution is 2.25. The molecule has 0 amide bonds. The highest BCUT2D eigenvalue weighted by atomic mass is 32.1. The van der Waals surface area contributed by atoms with Crippen LogP contribution in [0.1, 0.15) is 22.5 Å². The predicted molar refractivity (Wildman–Crippen MR) is 85.8 cm³/mol. The first-order valence-corrected chi connectivity index (χ1v) is 8.64. The third kappa shape index (κ3) is 3.02. The Labute approximate surface area is 128 Å². The zero-order valence-corrected chi connectivity index (χ0v) is 13.8. The summed E-state index contributed by atoms with van der Waals surface area (Å²) in [4.78, 5) is 15.3. The van der Waals surface area contributed by atoms with E-state index in [1.807, 2.05) is 6.20 Å². The molecule has 0 saturated carbocycles. The highest BCUT2D eigenvalue weighted by molar-refractivity contribution is 7.13. The number of nitrogens with zero attached hydrogens (tertiary/aromatic N) is 4. The molecule has 1 aliphatic heterocycles. The van der Waals surface area contributed by atoms with Crippen molar-refractivity contribution in [2.45, 2.75) is 33.4 Å². The second kappa shape index (κ2) is 5.79. The molecule has 3 rings (SSSR count). The normalized spacial score (nSPS) is 20.6. The standard InChI is InChI=1S/C14H20N4S2/c1-10-9-19-14(16-10)18-5-4-17(7-11(18)2)8-13-6-15-12(3)20-13/h6,9,11H,4-5,7-8H2,1-3H3. The van der Waals surface area contributed by atoms with Crippen LogP contribution in [-0.4, -0.2) is 40.5 Å². The SMILES string of the molecule is Cc1csc(N2CCN(Cc3cnc(C)s3)CC2C)n1. The molecule has 0 aromatic carbocycles. The van der Waals surface area contributed by atoms with Crippen molar-refractivity contribution in [2.75, 3.05) is 24.5 Å². The maximum Gasteiger partial charge on any atom is 0.185 e. The average Bonchev–Trinajstić information content (AvgIpc) is 2.99. The van der Waals surface area contributed by atoms with Gasteiger partial charge in [-0.1, -0.05) is 0 Å². The van der Waals surface area contributed by atoms with E-state index in [9.17, 15) is 0 Å². The third-order valence-corrected chi connectivity index (χ3v) is 5.51. The minimum Gasteiger partial charge on any atom is -0.343 e. The Bertz CT molecular complexity index is 577. The molecule has 0 radical (unpaired) electrons. The fourth-order valence-electron chi connectivity index (χ4n) is 2.63. The fourth-order valence-corrected chi connectivity index (χ4v) is 4.40. The Morgan fingerprint density at radius 1 is 1.35 bits per heavy atom. The van der Waals surface area contributed by atoms with Crippen molar-refractivity contribution >= 4 is 27.8 Å². The molecule has 1 fully saturated rings. The van der Waals surface area contributed by atoms with Crippen molar-refractivity contribution in [3.05, 3.63) is 27.2 Å². The lowest BCUT2D eigenvalue weighted by molar-refractivity contribution is 0.222. The molecule has 108 valence electrons. The summed E-state index contributed by atoms with van der Waals surface area (Å²) in [6.45, 7) is 10.7. The van der Waals surface area contributed by atoms with Gasteiger partial charge >= 0.3 is 0 Å². The van der Waals surface area contributed by atoms with Crippen LogP contribution in [0.15, 0.2) is 11.6 Å². The molecule has 4 nitrogen and oxygen atoms in total. The van der Waals surface area contributed by atoms with Gasteiger partial charge < -0.3 is 4.90 Å². The summed E-state index contributed by atoms with van der Waals surface area (Å²) in [6, 6.07) is 0.517. The van der Waals surface area contributed by atoms with Gasteiger partial charge in [0.25, 0.3) is 0 Å². The molecule has 3 heterocycles. The number of anilines is 1. The third-order valence-electron chi connectivity index (χ3n) is 3.61. The zero-order chi connectivity index (χ0) is 14.1. The van der Waals surface area contributed by atoms with Crippen LogP contribution >= 0.6 is 22.7 Å². The summed E-state index contributed by atoms with van der Waals surface area (Å²) in [6.07, 6.45) is 2.02. The number of aryl methyl sites for hydroxylation is 2. The lowest BCUT2D eigenvalue weighted by Crippen LogP contribution is -2.51. The van der Waals surface area contributed by atoms with Crippen LogP contribution < -0.4 is 4.90 Å². The fraction of sp³-hybridized carbons (Fsp3) is 0.571. The number of piperazine rings is 1. The molecule has 0 N–H and O–H groups in total. The summed E-state index contributed by atoms with van der Waals surface area (Å²) in [5.74, 6) is 0. The highest BCUT2D eigenvalue weighted by Gasteiger charge is 2.25. The van der Waals surface area contributed by atoms with Crippen molar-refractivity contribution in [3.63, 3.8) is 0 Å². The quantitative estimate of drug-likeness (QED) is 0.873. The Morgan fingerprint density at radius 2 is 2.20 bits per heavy atom. The van der Waals surface area contributed by atoms with E-state index in [0.29, 0.717) is 6.04 Å². The molecule has 1 unspecified atom stereocenters. The van der Waals surface area contributed by atoms with Gasteiger partial charge in [0.2, 0.25) is 0 Å². The molecular weight excluding hydrogens is 288 g/mol. The summed E-state index contributed by atoms with van der Waals surface area (Å²) >= 11 is 3.56. The Morgan fingerprint density at radius 3 is 2.80 bits per heavy atom. The lowest BCUT2D eigenvalue weighted by Gasteiger charge is -2.39. The van der Waals surface area contributed by atoms with E-state index in [2.05, 4.69) is 45.9 Å². The average molecular weight is 308 g/mol. The van der Waals surface area contributed by atoms with Crippen molar-refractivity contribution < 1.29 is 0 Å². The van der Waals surface area contributed by atoms with E-state index < -0.39 is 0 Å². The van der Waals surface area contributed by atoms with Crippen molar-refractivity contribution in [3.8, 4) is 0 Å². The molecule has 0 bridgehead atoms. The number of aromatic nitrogens is 2. The van der Waals surface area contributed by atoms with E-state index >= 15 is 0 Å². The Balaban J connectivity index is 1.62. The molecule has 0 spiro atoms. The van der Waals surface area contributed by atoms with Crippen LogP contribution in [0.25, 0.3) is 0 Å². The van der Waals surface area contributed by atoms with Crippen molar-refractivity contribution in [1.29, 1.82) is 0 Å². The van der Waals surface area contributed by atoms with Gasteiger partial charge in [-0.2, -0.15) is 0 Å². The summed E-state index contributed by atoms with van der Waals surface area (Å²) < 4.78 is 0. The monoisotopic (exact) mass is 308 g/mol. The van der Waals surface area contributed by atoms with E-state index in [4.69, 9.17) is 0 Å². The van der Waals surface area contributed by atoms with Gasteiger partial charge in [0.15, 0.2) is 5.13 Å². The second-order valence-electron chi connectivity index (χ2n) is 5.39. The number of rotatable bonds is 3. The minimum atomic E-state index is 0.517. The first kappa shape index (κ1) is 14.0. The van der Waals surface area contributed by atoms with Crippen LogP contribution in [0.3, 0.4) is 0 Å². The molecule has 1 aliphatic rings. The van der Waals surface area contributed by atoms with Crippen LogP contribution in [0.5, 0.6) is 0 Å². The summed E-state index contributed by atoms with van der Waals surface area (Å²) in [5.41, 5.74) is 1.12. The molecule has 2 aromatic rings. The van der Waals surface area contributed by atoms with Crippen molar-refractivity contribution in [2.24, 2.45) is 0 Å². The van der Waals surface area contributed by atoms with Crippen LogP contribution in [0.4, 0.5) is 5.13 Å². The van der Waals surface area contributed by atoms with Gasteiger partial charge in [0, 0.05) is 48.7 Å². The second-order valence-corrected chi connectivity index (χ2v) is 7.55. The van der Waals surface area contributed by atoms with Gasteiger partial charge in [0.05, 0.1) is 10.7 Å². The molecule has 1 atom stereocenters. The maximum atomic E-state index is 4.62. The Hall–Kier alpha value is -0.980. The number of thiazole rings is 2. The van der Waals surface area contributed by atoms with E-state index in [1.165, 1.54) is 10.0 Å². The molecule has 2 aromatic heterocycles. The predicted octanol–water partition coefficient (Wildman–Crippen LogP) is 2.93. The molecule has 6 heteroatoms. The van der Waals surface area contributed by atoms with Crippen LogP contribution in [0.2, 0.25) is 0 Å². The molecule has 0 aliphatic carbocycles. The first-order valence-electron chi connectivity index (χ1n) is 6.94. The molecule has 1 saturated heterocycles. The molecular formula is C14H20N4S2. The topological polar surface area (TPSA) is 32.3 Å². The van der Waals surface area contributed by atoms with Crippen LogP contribution in [0, 0.1) is 13.8 Å². The van der Waals surface area contributed by atoms with Gasteiger partial charge in [-0.25, -0.2) is 9.97 Å². The minimum absolute atomic E-state index is 0.517. The Kier molecular flexibility index (Phi) is 4.05. The van der Waals surface area contributed by atoms with Gasteiger partial charge in [0.1, 0.15) is 0 Å². The smallest absolute Gasteiger partial charge is 0.185 e. The van der Waals surface area contributed by atoms with Gasteiger partial charge in [-0.05, 0) is 20.8 Å². The van der Waals surface area contributed by atoms with Crippen LogP contribution in [-0.2, 0) is 6.54 Å². The van der Waals surface area contributed by atoms with E-state index in [-0.39, 0.29) is 0 Å². The van der Waals surface area contributed by atoms with Gasteiger partial charge in [-0.15, -0.1) is 22.7 Å². The number of hydrogen-bond acceptors (Lipinski definition) is 6. The van der Waals surface area contributed by atoms with E-state index in [0.717, 1.165) is 36.9 Å². The number of hydrogen-bond donors (Lipinski definition) is 0. The summed E-state index contributed by atoms with van der Waals surface area (Å²) in [5, 5.41) is 4.46. The van der Waals surface area contributed by atoms with E-state index in [1.54, 1.807) is 22.7 Å². The molecule has 20 heavy (non-hydrogen) atoms.